The molecular weight excluding hydrogens is 445 g/mol. The van der Waals surface area contributed by atoms with Gasteiger partial charge in [-0.1, -0.05) is 24.1 Å². The number of aromatic nitrogens is 5. The van der Waals surface area contributed by atoms with Crippen LogP contribution in [0.4, 0.5) is 10.2 Å². The highest BCUT2D eigenvalue weighted by molar-refractivity contribution is 6.35. The van der Waals surface area contributed by atoms with E-state index in [-0.39, 0.29) is 23.3 Å². The molecule has 0 radical (unpaired) electrons. The summed E-state index contributed by atoms with van der Waals surface area (Å²) in [6.45, 7) is 4.58. The SMILES string of the molecule is C=CC(=O)N1CC[C@H](n2nc(C#Cc3cc4ncn(C)c4cc3F)c3c(N)ncc(Cl)c32)C1. The summed E-state index contributed by atoms with van der Waals surface area (Å²) in [5.41, 5.74) is 8.59. The topological polar surface area (TPSA) is 94.9 Å². The van der Waals surface area contributed by atoms with Gasteiger partial charge in [0.05, 0.1) is 51.1 Å². The molecule has 0 bridgehead atoms. The molecule has 1 saturated heterocycles. The summed E-state index contributed by atoms with van der Waals surface area (Å²) in [5.74, 6) is 5.43. The molecule has 0 unspecified atom stereocenters. The molecule has 1 aliphatic heterocycles. The fourth-order valence-corrected chi connectivity index (χ4v) is 4.38. The Hall–Kier alpha value is -3.90. The number of nitrogens with two attached hydrogens (primary N) is 1. The van der Waals surface area contributed by atoms with Crippen LogP contribution >= 0.6 is 11.6 Å². The minimum absolute atomic E-state index is 0.118. The number of likely N-dealkylation sites (tertiary alicyclic amines) is 1. The van der Waals surface area contributed by atoms with Gasteiger partial charge in [-0.3, -0.25) is 9.48 Å². The Morgan fingerprint density at radius 2 is 2.18 bits per heavy atom. The smallest absolute Gasteiger partial charge is 0.246 e. The fraction of sp³-hybridized carbons (Fsp3) is 0.217. The maximum absolute atomic E-state index is 14.7. The number of nitrogen functional groups attached to an aromatic ring is 1. The molecule has 1 aliphatic rings. The van der Waals surface area contributed by atoms with Crippen molar-refractivity contribution in [3.63, 3.8) is 0 Å². The lowest BCUT2D eigenvalue weighted by molar-refractivity contribution is -0.125. The van der Waals surface area contributed by atoms with Gasteiger partial charge >= 0.3 is 0 Å². The van der Waals surface area contributed by atoms with Gasteiger partial charge in [-0.25, -0.2) is 14.4 Å². The van der Waals surface area contributed by atoms with E-state index < -0.39 is 5.82 Å². The average molecular weight is 464 g/mol. The van der Waals surface area contributed by atoms with Crippen molar-refractivity contribution in [1.29, 1.82) is 0 Å². The highest BCUT2D eigenvalue weighted by Gasteiger charge is 2.30. The molecule has 1 fully saturated rings. The largest absolute Gasteiger partial charge is 0.383 e. The Kier molecular flexibility index (Phi) is 5.02. The molecule has 1 amide bonds. The van der Waals surface area contributed by atoms with Crippen LogP contribution in [0.1, 0.15) is 23.7 Å². The molecular formula is C23H19ClFN7O. The summed E-state index contributed by atoms with van der Waals surface area (Å²) in [5, 5.41) is 5.53. The lowest BCUT2D eigenvalue weighted by Gasteiger charge is -2.15. The molecule has 0 aliphatic carbocycles. The maximum Gasteiger partial charge on any atom is 0.246 e. The van der Waals surface area contributed by atoms with E-state index in [1.165, 1.54) is 18.3 Å². The highest BCUT2D eigenvalue weighted by atomic mass is 35.5. The van der Waals surface area contributed by atoms with Crippen LogP contribution in [0, 0.1) is 17.7 Å². The fourth-order valence-electron chi connectivity index (χ4n) is 4.15. The molecule has 4 heterocycles. The van der Waals surface area contributed by atoms with Crippen molar-refractivity contribution < 1.29 is 9.18 Å². The third kappa shape index (κ3) is 3.49. The van der Waals surface area contributed by atoms with Gasteiger partial charge in [0.15, 0.2) is 0 Å². The van der Waals surface area contributed by atoms with Crippen molar-refractivity contribution >= 4 is 45.3 Å². The van der Waals surface area contributed by atoms with Crippen molar-refractivity contribution in [2.24, 2.45) is 7.05 Å². The first kappa shape index (κ1) is 21.0. The monoisotopic (exact) mass is 463 g/mol. The Bertz CT molecular complexity index is 1510. The van der Waals surface area contributed by atoms with Gasteiger partial charge in [-0.15, -0.1) is 0 Å². The van der Waals surface area contributed by atoms with E-state index in [2.05, 4.69) is 33.5 Å². The number of anilines is 1. The predicted molar refractivity (Wildman–Crippen MR) is 124 cm³/mol. The molecule has 0 spiro atoms. The van der Waals surface area contributed by atoms with Gasteiger partial charge in [0.25, 0.3) is 0 Å². The second-order valence-corrected chi connectivity index (χ2v) is 8.27. The normalized spacial score (nSPS) is 15.7. The van der Waals surface area contributed by atoms with Gasteiger partial charge in [0.1, 0.15) is 17.3 Å². The zero-order chi connectivity index (χ0) is 23.3. The summed E-state index contributed by atoms with van der Waals surface area (Å²) in [6.07, 6.45) is 5.06. The molecule has 3 aromatic heterocycles. The average Bonchev–Trinajstić information content (AvgIpc) is 3.52. The molecule has 1 atom stereocenters. The first-order chi connectivity index (χ1) is 15.9. The van der Waals surface area contributed by atoms with Gasteiger partial charge < -0.3 is 15.2 Å². The van der Waals surface area contributed by atoms with Crippen LogP contribution < -0.4 is 5.73 Å². The summed E-state index contributed by atoms with van der Waals surface area (Å²) in [4.78, 5) is 22.1. The minimum atomic E-state index is -0.458. The second-order valence-electron chi connectivity index (χ2n) is 7.87. The number of hydrogen-bond acceptors (Lipinski definition) is 5. The lowest BCUT2D eigenvalue weighted by atomic mass is 10.1. The number of nitrogens with zero attached hydrogens (tertiary/aromatic N) is 6. The van der Waals surface area contributed by atoms with E-state index in [1.807, 2.05) is 0 Å². The maximum atomic E-state index is 14.7. The number of rotatable bonds is 2. The van der Waals surface area contributed by atoms with Gasteiger partial charge in [-0.2, -0.15) is 5.10 Å². The summed E-state index contributed by atoms with van der Waals surface area (Å²) < 4.78 is 18.1. The molecule has 33 heavy (non-hydrogen) atoms. The van der Waals surface area contributed by atoms with Crippen molar-refractivity contribution in [1.82, 2.24) is 29.2 Å². The zero-order valence-corrected chi connectivity index (χ0v) is 18.5. The minimum Gasteiger partial charge on any atom is -0.383 e. The molecule has 8 nitrogen and oxygen atoms in total. The predicted octanol–water partition coefficient (Wildman–Crippen LogP) is 3.05. The quantitative estimate of drug-likeness (QED) is 0.364. The molecule has 10 heteroatoms. The molecule has 166 valence electrons. The van der Waals surface area contributed by atoms with E-state index in [4.69, 9.17) is 17.3 Å². The Morgan fingerprint density at radius 1 is 1.36 bits per heavy atom. The first-order valence-electron chi connectivity index (χ1n) is 10.2. The first-order valence-corrected chi connectivity index (χ1v) is 10.6. The summed E-state index contributed by atoms with van der Waals surface area (Å²) in [6, 6.07) is 2.88. The summed E-state index contributed by atoms with van der Waals surface area (Å²) >= 11 is 6.47. The van der Waals surface area contributed by atoms with Crippen molar-refractivity contribution in [2.75, 3.05) is 18.8 Å². The Balaban J connectivity index is 1.61. The number of hydrogen-bond donors (Lipinski definition) is 1. The number of imidazole rings is 1. The standard InChI is InChI=1S/C23H19ClFN7O/c1-3-20(33)31-7-6-14(11-31)32-22-15(24)10-27-23(26)21(22)17(29-32)5-4-13-8-18-19(9-16(13)25)30(2)12-28-18/h3,8-10,12,14H,1,6-7,11H2,2H3,(H2,26,27)/t14-/m0/s1. The van der Waals surface area contributed by atoms with E-state index in [1.54, 1.807) is 33.6 Å². The van der Waals surface area contributed by atoms with Gasteiger partial charge in [0, 0.05) is 26.2 Å². The van der Waals surface area contributed by atoms with Crippen LogP contribution in [0.3, 0.4) is 0 Å². The van der Waals surface area contributed by atoms with Crippen LogP contribution in [0.25, 0.3) is 21.9 Å². The van der Waals surface area contributed by atoms with Crippen molar-refractivity contribution in [2.45, 2.75) is 12.5 Å². The molecule has 5 rings (SSSR count). The molecule has 1 aromatic carbocycles. The Morgan fingerprint density at radius 3 is 2.97 bits per heavy atom. The van der Waals surface area contributed by atoms with E-state index in [0.29, 0.717) is 52.2 Å². The van der Waals surface area contributed by atoms with E-state index in [9.17, 15) is 9.18 Å². The van der Waals surface area contributed by atoms with Crippen LogP contribution in [0.5, 0.6) is 0 Å². The van der Waals surface area contributed by atoms with E-state index >= 15 is 0 Å². The molecule has 0 saturated carbocycles. The molecule has 2 N–H and O–H groups in total. The Labute approximate surface area is 193 Å². The van der Waals surface area contributed by atoms with Gasteiger partial charge in [-0.05, 0) is 24.5 Å². The number of carbonyl (C=O) groups is 1. The number of fused-ring (bicyclic) bond motifs is 2. The van der Waals surface area contributed by atoms with Crippen LogP contribution in [0.2, 0.25) is 5.02 Å². The number of carbonyl (C=O) groups excluding carboxylic acids is 1. The lowest BCUT2D eigenvalue weighted by Crippen LogP contribution is -2.27. The zero-order valence-electron chi connectivity index (χ0n) is 17.7. The van der Waals surface area contributed by atoms with Gasteiger partial charge in [0.2, 0.25) is 5.91 Å². The number of benzene rings is 1. The number of pyridine rings is 1. The van der Waals surface area contributed by atoms with E-state index in [0.717, 1.165) is 0 Å². The highest BCUT2D eigenvalue weighted by Crippen LogP contribution is 2.34. The van der Waals surface area contributed by atoms with Crippen LogP contribution in [-0.2, 0) is 11.8 Å². The number of aryl methyl sites for hydroxylation is 1. The van der Waals surface area contributed by atoms with Crippen LogP contribution in [-0.4, -0.2) is 48.2 Å². The second kappa shape index (κ2) is 7.90. The molecule has 4 aromatic rings. The van der Waals surface area contributed by atoms with Crippen molar-refractivity contribution in [3.8, 4) is 11.8 Å². The number of halogens is 2. The van der Waals surface area contributed by atoms with Crippen molar-refractivity contribution in [3.05, 3.63) is 59.4 Å². The third-order valence-electron chi connectivity index (χ3n) is 5.84. The number of amides is 1. The summed E-state index contributed by atoms with van der Waals surface area (Å²) in [7, 11) is 1.80. The van der Waals surface area contributed by atoms with Crippen LogP contribution in [0.15, 0.2) is 37.3 Å². The third-order valence-corrected chi connectivity index (χ3v) is 6.11.